The molecule has 0 aliphatic rings. The molecular formula is C17H16BrNO3. The lowest BCUT2D eigenvalue weighted by Gasteiger charge is -2.21. The fourth-order valence-corrected chi connectivity index (χ4v) is 2.26. The standard InChI is InChI=1S/C17H16BrNO3/c1-22-16(20)12-19(11-13-5-3-2-4-6-13)17(21)14-7-9-15(18)10-8-14/h2-10H,11-12H2,1H3. The predicted octanol–water partition coefficient (Wildman–Crippen LogP) is 3.26. The predicted molar refractivity (Wildman–Crippen MR) is 87.3 cm³/mol. The summed E-state index contributed by atoms with van der Waals surface area (Å²) in [5.74, 6) is -0.650. The molecule has 22 heavy (non-hydrogen) atoms. The van der Waals surface area contributed by atoms with Gasteiger partial charge in [-0.1, -0.05) is 46.3 Å². The number of methoxy groups -OCH3 is 1. The number of nitrogens with zero attached hydrogens (tertiary/aromatic N) is 1. The average molecular weight is 362 g/mol. The highest BCUT2D eigenvalue weighted by atomic mass is 79.9. The number of carbonyl (C=O) groups is 2. The zero-order chi connectivity index (χ0) is 15.9. The van der Waals surface area contributed by atoms with Gasteiger partial charge in [0, 0.05) is 16.6 Å². The van der Waals surface area contributed by atoms with E-state index in [1.54, 1.807) is 24.3 Å². The van der Waals surface area contributed by atoms with Crippen LogP contribution in [-0.2, 0) is 16.1 Å². The summed E-state index contributed by atoms with van der Waals surface area (Å²) < 4.78 is 5.58. The van der Waals surface area contributed by atoms with Gasteiger partial charge in [-0.3, -0.25) is 9.59 Å². The summed E-state index contributed by atoms with van der Waals surface area (Å²) in [6, 6.07) is 16.6. The van der Waals surface area contributed by atoms with Crippen molar-refractivity contribution in [2.45, 2.75) is 6.54 Å². The molecule has 2 aromatic rings. The van der Waals surface area contributed by atoms with E-state index in [0.29, 0.717) is 12.1 Å². The molecule has 0 aliphatic carbocycles. The fourth-order valence-electron chi connectivity index (χ4n) is 2.00. The van der Waals surface area contributed by atoms with Gasteiger partial charge in [-0.25, -0.2) is 0 Å². The van der Waals surface area contributed by atoms with Crippen LogP contribution in [0.25, 0.3) is 0 Å². The highest BCUT2D eigenvalue weighted by Crippen LogP contribution is 2.14. The highest BCUT2D eigenvalue weighted by Gasteiger charge is 2.19. The molecule has 0 heterocycles. The van der Waals surface area contributed by atoms with E-state index in [1.807, 2.05) is 30.3 Å². The molecule has 1 amide bonds. The zero-order valence-electron chi connectivity index (χ0n) is 12.2. The van der Waals surface area contributed by atoms with Gasteiger partial charge < -0.3 is 9.64 Å². The average Bonchev–Trinajstić information content (AvgIpc) is 2.55. The Hall–Kier alpha value is -2.14. The minimum Gasteiger partial charge on any atom is -0.468 e. The third-order valence-electron chi connectivity index (χ3n) is 3.14. The topological polar surface area (TPSA) is 46.6 Å². The second-order valence-corrected chi connectivity index (χ2v) is 5.65. The lowest BCUT2D eigenvalue weighted by molar-refractivity contribution is -0.141. The largest absolute Gasteiger partial charge is 0.468 e. The van der Waals surface area contributed by atoms with Gasteiger partial charge in [0.15, 0.2) is 0 Å². The number of halogens is 1. The minimum atomic E-state index is -0.443. The summed E-state index contributed by atoms with van der Waals surface area (Å²) in [4.78, 5) is 25.7. The molecular weight excluding hydrogens is 346 g/mol. The van der Waals surface area contributed by atoms with Crippen LogP contribution < -0.4 is 0 Å². The molecule has 0 N–H and O–H groups in total. The third kappa shape index (κ3) is 4.43. The molecule has 0 atom stereocenters. The highest BCUT2D eigenvalue weighted by molar-refractivity contribution is 9.10. The molecule has 2 rings (SSSR count). The SMILES string of the molecule is COC(=O)CN(Cc1ccccc1)C(=O)c1ccc(Br)cc1. The molecule has 0 aliphatic heterocycles. The van der Waals surface area contributed by atoms with Crippen LogP contribution in [0.1, 0.15) is 15.9 Å². The Labute approximate surface area is 137 Å². The summed E-state index contributed by atoms with van der Waals surface area (Å²) in [6.45, 7) is 0.269. The number of hydrogen-bond acceptors (Lipinski definition) is 3. The first kappa shape index (κ1) is 16.2. The Balaban J connectivity index is 2.21. The van der Waals surface area contributed by atoms with Crippen molar-refractivity contribution in [1.29, 1.82) is 0 Å². The maximum Gasteiger partial charge on any atom is 0.325 e. The number of esters is 1. The van der Waals surface area contributed by atoms with Crippen LogP contribution in [0.3, 0.4) is 0 Å². The van der Waals surface area contributed by atoms with Crippen LogP contribution in [0, 0.1) is 0 Å². The molecule has 0 radical (unpaired) electrons. The van der Waals surface area contributed by atoms with Gasteiger partial charge in [-0.05, 0) is 29.8 Å². The smallest absolute Gasteiger partial charge is 0.325 e. The number of hydrogen-bond donors (Lipinski definition) is 0. The summed E-state index contributed by atoms with van der Waals surface area (Å²) in [7, 11) is 1.31. The lowest BCUT2D eigenvalue weighted by atomic mass is 10.1. The molecule has 114 valence electrons. The van der Waals surface area contributed by atoms with E-state index in [4.69, 9.17) is 0 Å². The fraction of sp³-hybridized carbons (Fsp3) is 0.176. The van der Waals surface area contributed by atoms with Gasteiger partial charge in [0.05, 0.1) is 7.11 Å². The molecule has 0 aromatic heterocycles. The summed E-state index contributed by atoms with van der Waals surface area (Å²) in [6.07, 6.45) is 0. The van der Waals surface area contributed by atoms with Gasteiger partial charge in [-0.15, -0.1) is 0 Å². The normalized spacial score (nSPS) is 10.1. The molecule has 0 saturated carbocycles. The molecule has 0 fully saturated rings. The van der Waals surface area contributed by atoms with Gasteiger partial charge in [0.2, 0.25) is 0 Å². The minimum absolute atomic E-state index is 0.0830. The Kier molecular flexibility index (Phi) is 5.72. The molecule has 0 saturated heterocycles. The van der Waals surface area contributed by atoms with Crippen LogP contribution >= 0.6 is 15.9 Å². The van der Waals surface area contributed by atoms with Crippen LogP contribution in [0.2, 0.25) is 0 Å². The quantitative estimate of drug-likeness (QED) is 0.767. The van der Waals surface area contributed by atoms with Crippen LogP contribution in [-0.4, -0.2) is 30.4 Å². The van der Waals surface area contributed by atoms with Gasteiger partial charge in [0.25, 0.3) is 5.91 Å². The van der Waals surface area contributed by atoms with Crippen molar-refractivity contribution >= 4 is 27.8 Å². The number of benzene rings is 2. The number of ether oxygens (including phenoxy) is 1. The number of rotatable bonds is 5. The molecule has 4 nitrogen and oxygen atoms in total. The van der Waals surface area contributed by atoms with Crippen molar-refractivity contribution in [3.8, 4) is 0 Å². The van der Waals surface area contributed by atoms with E-state index in [2.05, 4.69) is 20.7 Å². The van der Waals surface area contributed by atoms with E-state index in [1.165, 1.54) is 12.0 Å². The summed E-state index contributed by atoms with van der Waals surface area (Å²) in [5, 5.41) is 0. The van der Waals surface area contributed by atoms with Crippen molar-refractivity contribution < 1.29 is 14.3 Å². The van der Waals surface area contributed by atoms with Crippen molar-refractivity contribution in [3.05, 3.63) is 70.2 Å². The second kappa shape index (κ2) is 7.75. The van der Waals surface area contributed by atoms with Crippen LogP contribution in [0.5, 0.6) is 0 Å². The van der Waals surface area contributed by atoms with E-state index >= 15 is 0 Å². The van der Waals surface area contributed by atoms with E-state index in [-0.39, 0.29) is 12.5 Å². The van der Waals surface area contributed by atoms with Crippen molar-refractivity contribution in [1.82, 2.24) is 4.90 Å². The van der Waals surface area contributed by atoms with E-state index < -0.39 is 5.97 Å². The lowest BCUT2D eigenvalue weighted by Crippen LogP contribution is -2.35. The summed E-state index contributed by atoms with van der Waals surface area (Å²) in [5.41, 5.74) is 1.49. The van der Waals surface area contributed by atoms with Crippen LogP contribution in [0.15, 0.2) is 59.1 Å². The number of carbonyl (C=O) groups excluding carboxylic acids is 2. The Morgan fingerprint density at radius 2 is 1.68 bits per heavy atom. The summed E-state index contributed by atoms with van der Waals surface area (Å²) >= 11 is 3.34. The van der Waals surface area contributed by atoms with Gasteiger partial charge in [0.1, 0.15) is 6.54 Å². The monoisotopic (exact) mass is 361 g/mol. The number of amides is 1. The van der Waals surface area contributed by atoms with Crippen molar-refractivity contribution in [3.63, 3.8) is 0 Å². The molecule has 0 spiro atoms. The van der Waals surface area contributed by atoms with Gasteiger partial charge >= 0.3 is 5.97 Å². The zero-order valence-corrected chi connectivity index (χ0v) is 13.7. The van der Waals surface area contributed by atoms with Crippen LogP contribution in [0.4, 0.5) is 0 Å². The second-order valence-electron chi connectivity index (χ2n) is 4.73. The van der Waals surface area contributed by atoms with Gasteiger partial charge in [-0.2, -0.15) is 0 Å². The Morgan fingerprint density at radius 3 is 2.27 bits per heavy atom. The maximum absolute atomic E-state index is 12.6. The third-order valence-corrected chi connectivity index (χ3v) is 3.67. The first-order chi connectivity index (χ1) is 10.6. The molecule has 0 bridgehead atoms. The van der Waals surface area contributed by atoms with Crippen molar-refractivity contribution in [2.75, 3.05) is 13.7 Å². The molecule has 0 unspecified atom stereocenters. The van der Waals surface area contributed by atoms with E-state index in [0.717, 1.165) is 10.0 Å². The first-order valence-corrected chi connectivity index (χ1v) is 7.55. The Morgan fingerprint density at radius 1 is 1.05 bits per heavy atom. The van der Waals surface area contributed by atoms with Crippen molar-refractivity contribution in [2.24, 2.45) is 0 Å². The first-order valence-electron chi connectivity index (χ1n) is 6.75. The van der Waals surface area contributed by atoms with E-state index in [9.17, 15) is 9.59 Å². The molecule has 5 heteroatoms. The maximum atomic E-state index is 12.6. The Bertz CT molecular complexity index is 641. The molecule has 2 aromatic carbocycles.